The van der Waals surface area contributed by atoms with E-state index in [2.05, 4.69) is 13.0 Å². The third kappa shape index (κ3) is 2.09. The SMILES string of the molecule is CCCC1=CCC2C(C(=O)OC)=COC(O)C12. The van der Waals surface area contributed by atoms with Crippen LogP contribution in [0, 0.1) is 11.8 Å². The summed E-state index contributed by atoms with van der Waals surface area (Å²) >= 11 is 0. The molecule has 0 aromatic heterocycles. The molecular weight excluding hydrogens is 220 g/mol. The Labute approximate surface area is 101 Å². The van der Waals surface area contributed by atoms with E-state index in [1.165, 1.54) is 18.9 Å². The van der Waals surface area contributed by atoms with Crippen molar-refractivity contribution in [3.05, 3.63) is 23.5 Å². The van der Waals surface area contributed by atoms with Crippen LogP contribution in [0.5, 0.6) is 0 Å². The van der Waals surface area contributed by atoms with Gasteiger partial charge in [-0.2, -0.15) is 0 Å². The van der Waals surface area contributed by atoms with E-state index in [0.29, 0.717) is 5.57 Å². The van der Waals surface area contributed by atoms with Gasteiger partial charge in [0.1, 0.15) is 0 Å². The minimum absolute atomic E-state index is 0.00718. The van der Waals surface area contributed by atoms with Gasteiger partial charge in [0.25, 0.3) is 0 Å². The molecule has 0 aromatic rings. The van der Waals surface area contributed by atoms with Crippen LogP contribution >= 0.6 is 0 Å². The quantitative estimate of drug-likeness (QED) is 0.601. The molecule has 0 saturated carbocycles. The van der Waals surface area contributed by atoms with Crippen molar-refractivity contribution in [3.63, 3.8) is 0 Å². The average Bonchev–Trinajstić information content (AvgIpc) is 2.74. The number of aliphatic hydroxyl groups excluding tert-OH is 1. The molecule has 1 aliphatic carbocycles. The molecule has 4 nitrogen and oxygen atoms in total. The highest BCUT2D eigenvalue weighted by Crippen LogP contribution is 2.43. The molecule has 0 bridgehead atoms. The van der Waals surface area contributed by atoms with Crippen molar-refractivity contribution in [3.8, 4) is 0 Å². The molecule has 1 N–H and O–H groups in total. The molecule has 0 radical (unpaired) electrons. The fourth-order valence-electron chi connectivity index (χ4n) is 2.71. The summed E-state index contributed by atoms with van der Waals surface area (Å²) in [6.45, 7) is 2.10. The van der Waals surface area contributed by atoms with Crippen molar-refractivity contribution in [1.82, 2.24) is 0 Å². The fourth-order valence-corrected chi connectivity index (χ4v) is 2.71. The number of hydrogen-bond donors (Lipinski definition) is 1. The van der Waals surface area contributed by atoms with Gasteiger partial charge in [-0.05, 0) is 12.8 Å². The highest BCUT2D eigenvalue weighted by molar-refractivity contribution is 5.89. The van der Waals surface area contributed by atoms with Crippen LogP contribution in [0.25, 0.3) is 0 Å². The fraction of sp³-hybridized carbons (Fsp3) is 0.615. The first-order chi connectivity index (χ1) is 8.19. The highest BCUT2D eigenvalue weighted by atomic mass is 16.6. The second kappa shape index (κ2) is 4.92. The van der Waals surface area contributed by atoms with Crippen molar-refractivity contribution in [2.45, 2.75) is 32.5 Å². The lowest BCUT2D eigenvalue weighted by molar-refractivity contribution is -0.141. The van der Waals surface area contributed by atoms with Crippen molar-refractivity contribution in [1.29, 1.82) is 0 Å². The summed E-state index contributed by atoms with van der Waals surface area (Å²) in [7, 11) is 1.36. The van der Waals surface area contributed by atoms with Crippen LogP contribution in [-0.2, 0) is 14.3 Å². The molecule has 0 aromatic carbocycles. The third-order valence-corrected chi connectivity index (χ3v) is 3.50. The molecular formula is C13H18O4. The molecule has 4 heteroatoms. The summed E-state index contributed by atoms with van der Waals surface area (Å²) in [5.74, 6) is -0.445. The summed E-state index contributed by atoms with van der Waals surface area (Å²) in [6, 6.07) is 0. The number of carbonyl (C=O) groups is 1. The van der Waals surface area contributed by atoms with Crippen molar-refractivity contribution in [2.75, 3.05) is 7.11 Å². The number of esters is 1. The first-order valence-electron chi connectivity index (χ1n) is 5.99. The normalized spacial score (nSPS) is 31.1. The van der Waals surface area contributed by atoms with Gasteiger partial charge in [0.15, 0.2) is 0 Å². The lowest BCUT2D eigenvalue weighted by Crippen LogP contribution is -2.35. The standard InChI is InChI=1S/C13H18O4/c1-3-4-8-5-6-9-10(12(14)16-2)7-17-13(15)11(8)9/h5,7,9,11,13,15H,3-4,6H2,1-2H3. The Morgan fingerprint density at radius 1 is 1.65 bits per heavy atom. The summed E-state index contributed by atoms with van der Waals surface area (Å²) in [5, 5.41) is 9.89. The summed E-state index contributed by atoms with van der Waals surface area (Å²) in [4.78, 5) is 11.6. The van der Waals surface area contributed by atoms with Crippen LogP contribution in [-0.4, -0.2) is 24.5 Å². The number of methoxy groups -OCH3 is 1. The van der Waals surface area contributed by atoms with E-state index in [0.717, 1.165) is 19.3 Å². The Bertz CT molecular complexity index is 370. The summed E-state index contributed by atoms with van der Waals surface area (Å²) in [5.41, 5.74) is 1.73. The van der Waals surface area contributed by atoms with Gasteiger partial charge in [-0.3, -0.25) is 0 Å². The first-order valence-corrected chi connectivity index (χ1v) is 5.99. The minimum atomic E-state index is -0.839. The largest absolute Gasteiger partial charge is 0.472 e. The van der Waals surface area contributed by atoms with Gasteiger partial charge >= 0.3 is 5.97 Å². The van der Waals surface area contributed by atoms with Gasteiger partial charge in [-0.25, -0.2) is 4.79 Å². The number of aliphatic hydroxyl groups is 1. The molecule has 2 aliphatic rings. The number of carbonyl (C=O) groups excluding carboxylic acids is 1. The Hall–Kier alpha value is -1.29. The van der Waals surface area contributed by atoms with E-state index in [1.807, 2.05) is 0 Å². The maximum absolute atomic E-state index is 11.6. The Balaban J connectivity index is 2.21. The third-order valence-electron chi connectivity index (χ3n) is 3.50. The summed E-state index contributed by atoms with van der Waals surface area (Å²) < 4.78 is 9.89. The van der Waals surface area contributed by atoms with Gasteiger partial charge in [-0.15, -0.1) is 0 Å². The number of ether oxygens (including phenoxy) is 2. The van der Waals surface area contributed by atoms with Crippen molar-refractivity contribution >= 4 is 5.97 Å². The number of rotatable bonds is 3. The minimum Gasteiger partial charge on any atom is -0.472 e. The lowest BCUT2D eigenvalue weighted by atomic mass is 9.82. The molecule has 3 unspecified atom stereocenters. The monoisotopic (exact) mass is 238 g/mol. The van der Waals surface area contributed by atoms with Crippen LogP contribution in [0.3, 0.4) is 0 Å². The zero-order chi connectivity index (χ0) is 12.4. The van der Waals surface area contributed by atoms with Crippen LogP contribution in [0.15, 0.2) is 23.5 Å². The highest BCUT2D eigenvalue weighted by Gasteiger charge is 2.42. The first kappa shape index (κ1) is 12.2. The molecule has 0 amide bonds. The van der Waals surface area contributed by atoms with Gasteiger partial charge in [0, 0.05) is 11.8 Å². The zero-order valence-electron chi connectivity index (χ0n) is 10.2. The van der Waals surface area contributed by atoms with E-state index in [4.69, 9.17) is 9.47 Å². The maximum Gasteiger partial charge on any atom is 0.337 e. The Kier molecular flexibility index (Phi) is 3.52. The van der Waals surface area contributed by atoms with Gasteiger partial charge in [-0.1, -0.05) is 25.0 Å². The summed E-state index contributed by atoms with van der Waals surface area (Å²) in [6.07, 6.45) is 5.37. The molecule has 1 aliphatic heterocycles. The van der Waals surface area contributed by atoms with Crippen LogP contribution in [0.2, 0.25) is 0 Å². The Morgan fingerprint density at radius 3 is 3.06 bits per heavy atom. The van der Waals surface area contributed by atoms with E-state index in [-0.39, 0.29) is 17.8 Å². The number of fused-ring (bicyclic) bond motifs is 1. The van der Waals surface area contributed by atoms with Crippen molar-refractivity contribution < 1.29 is 19.4 Å². The van der Waals surface area contributed by atoms with Gasteiger partial charge < -0.3 is 14.6 Å². The maximum atomic E-state index is 11.6. The van der Waals surface area contributed by atoms with E-state index in [1.54, 1.807) is 0 Å². The van der Waals surface area contributed by atoms with Crippen LogP contribution < -0.4 is 0 Å². The lowest BCUT2D eigenvalue weighted by Gasteiger charge is -2.32. The molecule has 0 saturated heterocycles. The molecule has 17 heavy (non-hydrogen) atoms. The molecule has 1 heterocycles. The van der Waals surface area contributed by atoms with E-state index in [9.17, 15) is 9.90 Å². The van der Waals surface area contributed by atoms with Crippen LogP contribution in [0.4, 0.5) is 0 Å². The second-order valence-corrected chi connectivity index (χ2v) is 4.49. The predicted octanol–water partition coefficient (Wildman–Crippen LogP) is 1.75. The molecule has 0 spiro atoms. The predicted molar refractivity (Wildman–Crippen MR) is 61.8 cm³/mol. The topological polar surface area (TPSA) is 55.8 Å². The van der Waals surface area contributed by atoms with E-state index < -0.39 is 6.29 Å². The van der Waals surface area contributed by atoms with E-state index >= 15 is 0 Å². The molecule has 0 fully saturated rings. The molecule has 3 atom stereocenters. The number of allylic oxidation sites excluding steroid dienone is 1. The smallest absolute Gasteiger partial charge is 0.337 e. The Morgan fingerprint density at radius 2 is 2.41 bits per heavy atom. The zero-order valence-corrected chi connectivity index (χ0v) is 10.2. The molecule has 94 valence electrons. The average molecular weight is 238 g/mol. The molecule has 2 rings (SSSR count). The van der Waals surface area contributed by atoms with Crippen LogP contribution in [0.1, 0.15) is 26.2 Å². The van der Waals surface area contributed by atoms with Crippen molar-refractivity contribution in [2.24, 2.45) is 11.8 Å². The van der Waals surface area contributed by atoms with Gasteiger partial charge in [0.2, 0.25) is 6.29 Å². The van der Waals surface area contributed by atoms with Gasteiger partial charge in [0.05, 0.1) is 18.9 Å². The second-order valence-electron chi connectivity index (χ2n) is 4.49. The number of hydrogen-bond acceptors (Lipinski definition) is 4.